The van der Waals surface area contributed by atoms with Gasteiger partial charge in [0, 0.05) is 16.1 Å². The molecule has 0 radical (unpaired) electrons. The molecule has 1 saturated carbocycles. The predicted octanol–water partition coefficient (Wildman–Crippen LogP) is 4.17. The van der Waals surface area contributed by atoms with E-state index in [9.17, 15) is 0 Å². The normalized spacial score (nSPS) is 28.6. The Balaban J connectivity index is 2.09. The molecule has 1 aliphatic carbocycles. The Hall–Kier alpha value is -0.240. The first-order chi connectivity index (χ1) is 8.11. The van der Waals surface area contributed by atoms with Crippen molar-refractivity contribution in [1.82, 2.24) is 5.32 Å². The van der Waals surface area contributed by atoms with Crippen LogP contribution in [0.1, 0.15) is 25.3 Å². The molecule has 1 aromatic carbocycles. The first-order valence-corrected chi connectivity index (χ1v) is 6.98. The molecule has 0 heterocycles. The molecule has 0 saturated heterocycles. The number of rotatable bonds is 3. The van der Waals surface area contributed by atoms with Crippen molar-refractivity contribution in [3.63, 3.8) is 0 Å². The number of halogens is 2. The fourth-order valence-corrected chi connectivity index (χ4v) is 3.31. The zero-order valence-electron chi connectivity index (χ0n) is 10.3. The molecule has 94 valence electrons. The van der Waals surface area contributed by atoms with Gasteiger partial charge in [0.2, 0.25) is 0 Å². The highest BCUT2D eigenvalue weighted by Crippen LogP contribution is 2.35. The van der Waals surface area contributed by atoms with Gasteiger partial charge in [-0.3, -0.25) is 0 Å². The van der Waals surface area contributed by atoms with Crippen LogP contribution in [-0.4, -0.2) is 13.1 Å². The van der Waals surface area contributed by atoms with Gasteiger partial charge in [0.1, 0.15) is 0 Å². The summed E-state index contributed by atoms with van der Waals surface area (Å²) in [6.45, 7) is 2.33. The molecule has 3 atom stereocenters. The SMILES string of the molecule is CNC1CCC(Cc2cc(Cl)ccc2Cl)C1C. The van der Waals surface area contributed by atoms with Crippen molar-refractivity contribution < 1.29 is 0 Å². The highest BCUT2D eigenvalue weighted by molar-refractivity contribution is 6.33. The lowest BCUT2D eigenvalue weighted by Gasteiger charge is -2.20. The van der Waals surface area contributed by atoms with Gasteiger partial charge in [-0.1, -0.05) is 30.1 Å². The van der Waals surface area contributed by atoms with Crippen molar-refractivity contribution >= 4 is 23.2 Å². The van der Waals surface area contributed by atoms with Crippen molar-refractivity contribution in [3.8, 4) is 0 Å². The quantitative estimate of drug-likeness (QED) is 0.870. The summed E-state index contributed by atoms with van der Waals surface area (Å²) in [4.78, 5) is 0. The van der Waals surface area contributed by atoms with Crippen molar-refractivity contribution in [1.29, 1.82) is 0 Å². The molecule has 1 nitrogen and oxygen atoms in total. The van der Waals surface area contributed by atoms with E-state index in [1.54, 1.807) is 0 Å². The standard InChI is InChI=1S/C14H19Cl2N/c1-9-10(3-6-14(9)17-2)7-11-8-12(15)4-5-13(11)16/h4-5,8-10,14,17H,3,6-7H2,1-2H3. The third-order valence-electron chi connectivity index (χ3n) is 4.09. The Morgan fingerprint density at radius 2 is 2.06 bits per heavy atom. The Labute approximate surface area is 114 Å². The largest absolute Gasteiger partial charge is 0.317 e. The summed E-state index contributed by atoms with van der Waals surface area (Å²) in [5, 5.41) is 5.02. The molecule has 2 rings (SSSR count). The third-order valence-corrected chi connectivity index (χ3v) is 4.69. The third kappa shape index (κ3) is 2.96. The van der Waals surface area contributed by atoms with Crippen LogP contribution in [0.4, 0.5) is 0 Å². The molecule has 1 aliphatic rings. The van der Waals surface area contributed by atoms with Crippen LogP contribution in [-0.2, 0) is 6.42 Å². The molecule has 1 fully saturated rings. The van der Waals surface area contributed by atoms with E-state index in [-0.39, 0.29) is 0 Å². The summed E-state index contributed by atoms with van der Waals surface area (Å²) >= 11 is 12.2. The molecule has 0 amide bonds. The Bertz CT molecular complexity index is 392. The van der Waals surface area contributed by atoms with E-state index in [2.05, 4.69) is 19.3 Å². The van der Waals surface area contributed by atoms with E-state index < -0.39 is 0 Å². The molecule has 1 N–H and O–H groups in total. The molecule has 0 aliphatic heterocycles. The van der Waals surface area contributed by atoms with Gasteiger partial charge in [-0.15, -0.1) is 0 Å². The van der Waals surface area contributed by atoms with Gasteiger partial charge in [-0.2, -0.15) is 0 Å². The molecule has 3 unspecified atom stereocenters. The molecular formula is C14H19Cl2N. The number of nitrogens with one attached hydrogen (secondary N) is 1. The molecule has 0 bridgehead atoms. The Kier molecular flexibility index (Phi) is 4.35. The Morgan fingerprint density at radius 1 is 1.29 bits per heavy atom. The van der Waals surface area contributed by atoms with Crippen molar-refractivity contribution in [2.24, 2.45) is 11.8 Å². The van der Waals surface area contributed by atoms with Gasteiger partial charge in [0.15, 0.2) is 0 Å². The lowest BCUT2D eigenvalue weighted by molar-refractivity contribution is 0.364. The lowest BCUT2D eigenvalue weighted by atomic mass is 9.89. The fraction of sp³-hybridized carbons (Fsp3) is 0.571. The summed E-state index contributed by atoms with van der Waals surface area (Å²) in [7, 11) is 2.05. The molecule has 0 aromatic heterocycles. The minimum Gasteiger partial charge on any atom is -0.317 e. The highest BCUT2D eigenvalue weighted by Gasteiger charge is 2.31. The van der Waals surface area contributed by atoms with Crippen molar-refractivity contribution in [3.05, 3.63) is 33.8 Å². The smallest absolute Gasteiger partial charge is 0.0439 e. The summed E-state index contributed by atoms with van der Waals surface area (Å²) in [6.07, 6.45) is 3.58. The molecule has 1 aromatic rings. The zero-order chi connectivity index (χ0) is 12.4. The van der Waals surface area contributed by atoms with Crippen LogP contribution >= 0.6 is 23.2 Å². The monoisotopic (exact) mass is 271 g/mol. The first-order valence-electron chi connectivity index (χ1n) is 6.23. The molecule has 0 spiro atoms. The van der Waals surface area contributed by atoms with E-state index >= 15 is 0 Å². The fourth-order valence-electron chi connectivity index (χ4n) is 2.93. The summed E-state index contributed by atoms with van der Waals surface area (Å²) in [6, 6.07) is 6.40. The van der Waals surface area contributed by atoms with Gasteiger partial charge in [0.05, 0.1) is 0 Å². The predicted molar refractivity (Wildman–Crippen MR) is 74.9 cm³/mol. The maximum Gasteiger partial charge on any atom is 0.0439 e. The van der Waals surface area contributed by atoms with Crippen molar-refractivity contribution in [2.75, 3.05) is 7.05 Å². The first kappa shape index (κ1) is 13.2. The number of hydrogen-bond donors (Lipinski definition) is 1. The van der Waals surface area contributed by atoms with Gasteiger partial charge in [-0.25, -0.2) is 0 Å². The maximum absolute atomic E-state index is 6.22. The minimum atomic E-state index is 0.651. The van der Waals surface area contributed by atoms with Crippen molar-refractivity contribution in [2.45, 2.75) is 32.2 Å². The van der Waals surface area contributed by atoms with Crippen LogP contribution in [0.25, 0.3) is 0 Å². The van der Waals surface area contributed by atoms with Crippen LogP contribution in [0.15, 0.2) is 18.2 Å². The highest BCUT2D eigenvalue weighted by atomic mass is 35.5. The topological polar surface area (TPSA) is 12.0 Å². The van der Waals surface area contributed by atoms with E-state index in [4.69, 9.17) is 23.2 Å². The average Bonchev–Trinajstić information content (AvgIpc) is 2.65. The van der Waals surface area contributed by atoms with E-state index in [1.807, 2.05) is 18.2 Å². The van der Waals surface area contributed by atoms with Crippen LogP contribution < -0.4 is 5.32 Å². The number of hydrogen-bond acceptors (Lipinski definition) is 1. The second-order valence-electron chi connectivity index (χ2n) is 5.03. The van der Waals surface area contributed by atoms with Gasteiger partial charge >= 0.3 is 0 Å². The lowest BCUT2D eigenvalue weighted by Crippen LogP contribution is -2.29. The maximum atomic E-state index is 6.22. The van der Waals surface area contributed by atoms with Crippen LogP contribution in [0, 0.1) is 11.8 Å². The van der Waals surface area contributed by atoms with Crippen LogP contribution in [0.5, 0.6) is 0 Å². The molecular weight excluding hydrogens is 253 g/mol. The van der Waals surface area contributed by atoms with Crippen LogP contribution in [0.2, 0.25) is 10.0 Å². The minimum absolute atomic E-state index is 0.651. The van der Waals surface area contributed by atoms with Gasteiger partial charge in [-0.05, 0) is 61.9 Å². The number of benzene rings is 1. The van der Waals surface area contributed by atoms with E-state index in [0.29, 0.717) is 17.9 Å². The van der Waals surface area contributed by atoms with Gasteiger partial charge < -0.3 is 5.32 Å². The molecule has 3 heteroatoms. The van der Waals surface area contributed by atoms with E-state index in [1.165, 1.54) is 18.4 Å². The van der Waals surface area contributed by atoms with E-state index in [0.717, 1.165) is 16.5 Å². The summed E-state index contributed by atoms with van der Waals surface area (Å²) < 4.78 is 0. The summed E-state index contributed by atoms with van der Waals surface area (Å²) in [5.74, 6) is 1.42. The average molecular weight is 272 g/mol. The second kappa shape index (κ2) is 5.60. The Morgan fingerprint density at radius 3 is 2.71 bits per heavy atom. The zero-order valence-corrected chi connectivity index (χ0v) is 11.9. The van der Waals surface area contributed by atoms with Crippen LogP contribution in [0.3, 0.4) is 0 Å². The second-order valence-corrected chi connectivity index (χ2v) is 5.88. The van der Waals surface area contributed by atoms with Gasteiger partial charge in [0.25, 0.3) is 0 Å². The summed E-state index contributed by atoms with van der Waals surface area (Å²) in [5.41, 5.74) is 1.19. The molecule has 17 heavy (non-hydrogen) atoms.